The number of nitrogens with zero attached hydrogens (tertiary/aromatic N) is 2. The minimum absolute atomic E-state index is 0.131. The molecule has 4 aromatic rings. The van der Waals surface area contributed by atoms with Gasteiger partial charge in [0.15, 0.2) is 0 Å². The molecule has 0 saturated heterocycles. The molecule has 0 radical (unpaired) electrons. The maximum atomic E-state index is 11.3. The highest BCUT2D eigenvalue weighted by molar-refractivity contribution is 6.00. The van der Waals surface area contributed by atoms with Gasteiger partial charge in [-0.1, -0.05) is 18.2 Å². The number of methoxy groups -OCH3 is 1. The lowest BCUT2D eigenvalue weighted by Crippen LogP contribution is -2.17. The van der Waals surface area contributed by atoms with E-state index in [1.807, 2.05) is 83.6 Å². The highest BCUT2D eigenvalue weighted by atomic mass is 16.5. The fourth-order valence-corrected chi connectivity index (χ4v) is 3.20. The van der Waals surface area contributed by atoms with Crippen LogP contribution < -0.4 is 15.2 Å². The molecular formula is C24H21N3O3. The average Bonchev–Trinajstić information content (AvgIpc) is 3.11. The summed E-state index contributed by atoms with van der Waals surface area (Å²) in [5.74, 6) is 1.85. The predicted molar refractivity (Wildman–Crippen MR) is 118 cm³/mol. The largest absolute Gasteiger partial charge is 0.497 e. The highest BCUT2D eigenvalue weighted by Crippen LogP contribution is 2.26. The summed E-state index contributed by atoms with van der Waals surface area (Å²) in [6, 6.07) is 22.8. The SMILES string of the molecule is COc1ccc(Oc2ccc(N=Cc3cn(CC(N)=O)c4ccccc34)cc2)cc1. The second-order valence-electron chi connectivity index (χ2n) is 6.73. The van der Waals surface area contributed by atoms with Crippen molar-refractivity contribution in [1.29, 1.82) is 0 Å². The van der Waals surface area contributed by atoms with Crippen molar-refractivity contribution in [2.45, 2.75) is 6.54 Å². The fourth-order valence-electron chi connectivity index (χ4n) is 3.20. The minimum Gasteiger partial charge on any atom is -0.497 e. The molecule has 0 spiro atoms. The van der Waals surface area contributed by atoms with Crippen molar-refractivity contribution in [3.8, 4) is 17.2 Å². The van der Waals surface area contributed by atoms with Crippen LogP contribution in [-0.2, 0) is 11.3 Å². The molecule has 1 heterocycles. The molecule has 0 unspecified atom stereocenters. The number of ether oxygens (including phenoxy) is 2. The summed E-state index contributed by atoms with van der Waals surface area (Å²) >= 11 is 0. The van der Waals surface area contributed by atoms with Crippen molar-refractivity contribution in [3.05, 3.63) is 84.6 Å². The van der Waals surface area contributed by atoms with Gasteiger partial charge in [-0.3, -0.25) is 9.79 Å². The molecule has 0 aliphatic rings. The van der Waals surface area contributed by atoms with E-state index in [2.05, 4.69) is 4.99 Å². The first-order valence-electron chi connectivity index (χ1n) is 9.44. The van der Waals surface area contributed by atoms with Crippen LogP contribution in [0.2, 0.25) is 0 Å². The van der Waals surface area contributed by atoms with Crippen molar-refractivity contribution in [1.82, 2.24) is 4.57 Å². The Balaban J connectivity index is 1.51. The maximum Gasteiger partial charge on any atom is 0.237 e. The molecule has 0 saturated carbocycles. The van der Waals surface area contributed by atoms with Crippen LogP contribution in [0, 0.1) is 0 Å². The van der Waals surface area contributed by atoms with Crippen LogP contribution in [0.1, 0.15) is 5.56 Å². The topological polar surface area (TPSA) is 78.8 Å². The number of aliphatic imine (C=N–C) groups is 1. The summed E-state index contributed by atoms with van der Waals surface area (Å²) in [4.78, 5) is 15.9. The predicted octanol–water partition coefficient (Wildman–Crippen LogP) is 4.68. The molecule has 3 aromatic carbocycles. The summed E-state index contributed by atoms with van der Waals surface area (Å²) in [5, 5.41) is 1.02. The Kier molecular flexibility index (Phi) is 5.48. The van der Waals surface area contributed by atoms with E-state index in [9.17, 15) is 4.79 Å². The average molecular weight is 399 g/mol. The summed E-state index contributed by atoms with van der Waals surface area (Å²) < 4.78 is 12.8. The number of hydrogen-bond donors (Lipinski definition) is 1. The zero-order chi connectivity index (χ0) is 20.9. The maximum absolute atomic E-state index is 11.3. The molecule has 30 heavy (non-hydrogen) atoms. The number of benzene rings is 3. The Morgan fingerprint density at radius 2 is 1.60 bits per heavy atom. The Morgan fingerprint density at radius 1 is 0.967 bits per heavy atom. The lowest BCUT2D eigenvalue weighted by atomic mass is 10.2. The minimum atomic E-state index is -0.383. The van der Waals surface area contributed by atoms with Crippen LogP contribution in [-0.4, -0.2) is 23.8 Å². The number of carbonyl (C=O) groups excluding carboxylic acids is 1. The number of nitrogens with two attached hydrogens (primary N) is 1. The molecule has 0 aliphatic heterocycles. The number of hydrogen-bond acceptors (Lipinski definition) is 4. The molecule has 1 aromatic heterocycles. The lowest BCUT2D eigenvalue weighted by molar-refractivity contribution is -0.118. The zero-order valence-corrected chi connectivity index (χ0v) is 16.5. The summed E-state index contributed by atoms with van der Waals surface area (Å²) in [7, 11) is 1.63. The van der Waals surface area contributed by atoms with E-state index >= 15 is 0 Å². The van der Waals surface area contributed by atoms with Gasteiger partial charge in [0.1, 0.15) is 23.8 Å². The van der Waals surface area contributed by atoms with Crippen molar-refractivity contribution in [3.63, 3.8) is 0 Å². The van der Waals surface area contributed by atoms with Crippen LogP contribution in [0.3, 0.4) is 0 Å². The van der Waals surface area contributed by atoms with Gasteiger partial charge < -0.3 is 19.8 Å². The standard InChI is InChI=1S/C24H21N3O3/c1-29-19-10-12-21(13-11-19)30-20-8-6-18(7-9-20)26-14-17-15-27(16-24(25)28)23-5-3-2-4-22(17)23/h2-15H,16H2,1H3,(H2,25,28). The van der Waals surface area contributed by atoms with Gasteiger partial charge in [-0.25, -0.2) is 0 Å². The Bertz CT molecular complexity index is 1190. The van der Waals surface area contributed by atoms with Gasteiger partial charge in [0.25, 0.3) is 0 Å². The third-order valence-electron chi connectivity index (χ3n) is 4.63. The summed E-state index contributed by atoms with van der Waals surface area (Å²) in [5.41, 5.74) is 8.02. The fraction of sp³-hybridized carbons (Fsp3) is 0.0833. The monoisotopic (exact) mass is 399 g/mol. The van der Waals surface area contributed by atoms with Crippen LogP contribution in [0.15, 0.2) is 84.0 Å². The Labute approximate surface area is 174 Å². The van der Waals surface area contributed by atoms with Crippen LogP contribution in [0.5, 0.6) is 17.2 Å². The van der Waals surface area contributed by atoms with Crippen LogP contribution in [0.25, 0.3) is 10.9 Å². The van der Waals surface area contributed by atoms with E-state index < -0.39 is 0 Å². The number of amides is 1. The molecule has 0 fully saturated rings. The smallest absolute Gasteiger partial charge is 0.237 e. The first-order chi connectivity index (χ1) is 14.6. The molecule has 6 nitrogen and oxygen atoms in total. The Morgan fingerprint density at radius 3 is 2.27 bits per heavy atom. The second kappa shape index (κ2) is 8.53. The molecular weight excluding hydrogens is 378 g/mol. The number of carbonyl (C=O) groups is 1. The van der Waals surface area contributed by atoms with Crippen molar-refractivity contribution in [2.24, 2.45) is 10.7 Å². The quantitative estimate of drug-likeness (QED) is 0.458. The number of aromatic nitrogens is 1. The van der Waals surface area contributed by atoms with Crippen LogP contribution >= 0.6 is 0 Å². The number of rotatable bonds is 7. The molecule has 0 bridgehead atoms. The number of para-hydroxylation sites is 1. The molecule has 150 valence electrons. The van der Waals surface area contributed by atoms with E-state index in [1.54, 1.807) is 13.3 Å². The van der Waals surface area contributed by atoms with E-state index in [4.69, 9.17) is 15.2 Å². The molecule has 6 heteroatoms. The number of primary amides is 1. The van der Waals surface area contributed by atoms with Gasteiger partial charge in [-0.2, -0.15) is 0 Å². The lowest BCUT2D eigenvalue weighted by Gasteiger charge is -2.06. The summed E-state index contributed by atoms with van der Waals surface area (Å²) in [6.45, 7) is 0.131. The highest BCUT2D eigenvalue weighted by Gasteiger charge is 2.08. The third-order valence-corrected chi connectivity index (χ3v) is 4.63. The van der Waals surface area contributed by atoms with Crippen molar-refractivity contribution < 1.29 is 14.3 Å². The van der Waals surface area contributed by atoms with E-state index in [1.165, 1.54) is 0 Å². The molecule has 1 amide bonds. The van der Waals surface area contributed by atoms with Crippen molar-refractivity contribution >= 4 is 28.7 Å². The first-order valence-corrected chi connectivity index (χ1v) is 9.44. The van der Waals surface area contributed by atoms with Gasteiger partial charge in [0, 0.05) is 28.9 Å². The van der Waals surface area contributed by atoms with Crippen LogP contribution in [0.4, 0.5) is 5.69 Å². The summed E-state index contributed by atoms with van der Waals surface area (Å²) in [6.07, 6.45) is 3.68. The van der Waals surface area contributed by atoms with Gasteiger partial charge in [-0.15, -0.1) is 0 Å². The zero-order valence-electron chi connectivity index (χ0n) is 16.5. The Hall–Kier alpha value is -4.06. The third kappa shape index (κ3) is 4.33. The first kappa shape index (κ1) is 19.3. The van der Waals surface area contributed by atoms with Gasteiger partial charge in [0.2, 0.25) is 5.91 Å². The van der Waals surface area contributed by atoms with Crippen molar-refractivity contribution in [2.75, 3.05) is 7.11 Å². The molecule has 0 aliphatic carbocycles. The normalized spacial score (nSPS) is 11.1. The van der Waals surface area contributed by atoms with Gasteiger partial charge in [-0.05, 0) is 54.6 Å². The molecule has 2 N–H and O–H groups in total. The van der Waals surface area contributed by atoms with E-state index in [0.29, 0.717) is 0 Å². The molecule has 4 rings (SSSR count). The van der Waals surface area contributed by atoms with Gasteiger partial charge >= 0.3 is 0 Å². The van der Waals surface area contributed by atoms with E-state index in [-0.39, 0.29) is 12.5 Å². The molecule has 0 atom stereocenters. The van der Waals surface area contributed by atoms with E-state index in [0.717, 1.165) is 39.4 Å². The van der Waals surface area contributed by atoms with Gasteiger partial charge in [0.05, 0.1) is 12.8 Å². The second-order valence-corrected chi connectivity index (χ2v) is 6.73. The number of fused-ring (bicyclic) bond motifs is 1.